The van der Waals surface area contributed by atoms with Crippen LogP contribution in [-0.4, -0.2) is 58.0 Å². The van der Waals surface area contributed by atoms with E-state index in [-0.39, 0.29) is 5.57 Å². The first-order valence-corrected chi connectivity index (χ1v) is 12.8. The van der Waals surface area contributed by atoms with Crippen LogP contribution >= 0.6 is 0 Å². The Hall–Kier alpha value is -4.30. The van der Waals surface area contributed by atoms with Gasteiger partial charge in [-0.05, 0) is 53.4 Å². The Morgan fingerprint density at radius 1 is 0.949 bits per heavy atom. The molecule has 0 aliphatic carbocycles. The highest BCUT2D eigenvalue weighted by atomic mass is 16.5. The molecule has 1 fully saturated rings. The molecule has 1 amide bonds. The second-order valence-corrected chi connectivity index (χ2v) is 9.78. The van der Waals surface area contributed by atoms with Crippen LogP contribution in [-0.2, 0) is 16.2 Å². The molecule has 1 aliphatic rings. The lowest BCUT2D eigenvalue weighted by atomic mass is 9.95. The van der Waals surface area contributed by atoms with E-state index in [0.717, 1.165) is 16.0 Å². The van der Waals surface area contributed by atoms with E-state index in [2.05, 4.69) is 0 Å². The lowest BCUT2D eigenvalue weighted by Crippen LogP contribution is -3.06. The minimum absolute atomic E-state index is 0.0745. The molecule has 1 unspecified atom stereocenters. The lowest BCUT2D eigenvalue weighted by Gasteiger charge is -2.28. The zero-order chi connectivity index (χ0) is 28.1. The molecule has 1 aliphatic heterocycles. The number of rotatable bonds is 10. The van der Waals surface area contributed by atoms with Crippen LogP contribution in [0, 0.1) is 6.92 Å². The van der Waals surface area contributed by atoms with Gasteiger partial charge in [-0.3, -0.25) is 9.59 Å². The highest BCUT2D eigenvalue weighted by Gasteiger charge is 2.44. The number of methoxy groups -OCH3 is 2. The second-order valence-electron chi connectivity index (χ2n) is 9.78. The summed E-state index contributed by atoms with van der Waals surface area (Å²) in [6, 6.07) is 18.9. The molecule has 4 rings (SSSR count). The second kappa shape index (κ2) is 12.0. The van der Waals surface area contributed by atoms with Crippen LogP contribution in [0.25, 0.3) is 5.76 Å². The topological polar surface area (TPSA) is 92.6 Å². The summed E-state index contributed by atoms with van der Waals surface area (Å²) in [6.07, 6.45) is 0. The van der Waals surface area contributed by atoms with Gasteiger partial charge in [0.1, 0.15) is 12.4 Å². The van der Waals surface area contributed by atoms with Crippen LogP contribution in [0.15, 0.2) is 72.3 Å². The standard InChI is InChI=1S/C31H34N2O6/c1-20-8-6-7-9-23(20)19-39-24-13-10-21(11-14-24)29(34)27-28(22-12-15-25(37-4)26(18-22)38-5)33(17-16-32(2)3)31(36)30(27)35/h6-15,18,28,34H,16-17,19H2,1-5H3. The van der Waals surface area contributed by atoms with Crippen molar-refractivity contribution in [1.29, 1.82) is 0 Å². The number of ketones is 1. The number of nitrogens with one attached hydrogen (secondary N) is 1. The van der Waals surface area contributed by atoms with Crippen molar-refractivity contribution in [3.63, 3.8) is 0 Å². The molecule has 1 N–H and O–H groups in total. The highest BCUT2D eigenvalue weighted by molar-refractivity contribution is 6.46. The number of ether oxygens (including phenoxy) is 3. The van der Waals surface area contributed by atoms with Crippen molar-refractivity contribution in [1.82, 2.24) is 4.90 Å². The summed E-state index contributed by atoms with van der Waals surface area (Å²) < 4.78 is 16.7. The smallest absolute Gasteiger partial charge is 0.295 e. The van der Waals surface area contributed by atoms with Crippen LogP contribution in [0.3, 0.4) is 0 Å². The van der Waals surface area contributed by atoms with Crippen LogP contribution in [0.5, 0.6) is 17.2 Å². The minimum atomic E-state index is -0.839. The van der Waals surface area contributed by atoms with Gasteiger partial charge in [-0.2, -0.15) is 0 Å². The third-order valence-corrected chi connectivity index (χ3v) is 6.88. The van der Waals surface area contributed by atoms with Gasteiger partial charge in [0.2, 0.25) is 5.78 Å². The van der Waals surface area contributed by atoms with E-state index < -0.39 is 23.5 Å². The Bertz CT molecular complexity index is 1380. The molecule has 39 heavy (non-hydrogen) atoms. The fourth-order valence-electron chi connectivity index (χ4n) is 4.61. The molecular formula is C31H34N2O6. The number of carbonyl (C=O) groups excluding carboxylic acids is 2. The summed E-state index contributed by atoms with van der Waals surface area (Å²) in [6.45, 7) is 3.34. The van der Waals surface area contributed by atoms with E-state index in [1.54, 1.807) is 42.5 Å². The molecule has 8 heteroatoms. The highest BCUT2D eigenvalue weighted by Crippen LogP contribution is 2.41. The van der Waals surface area contributed by atoms with Crippen molar-refractivity contribution in [2.24, 2.45) is 0 Å². The van der Waals surface area contributed by atoms with Gasteiger partial charge in [0, 0.05) is 5.57 Å². The third-order valence-electron chi connectivity index (χ3n) is 6.88. The predicted octanol–water partition coefficient (Wildman–Crippen LogP) is 1.96. The molecule has 0 bridgehead atoms. The van der Waals surface area contributed by atoms with Crippen molar-refractivity contribution < 1.29 is 33.8 Å². The molecule has 0 spiro atoms. The Morgan fingerprint density at radius 2 is 1.64 bits per heavy atom. The molecule has 204 valence electrons. The van der Waals surface area contributed by atoms with Gasteiger partial charge in [-0.1, -0.05) is 48.2 Å². The third kappa shape index (κ3) is 5.91. The van der Waals surface area contributed by atoms with E-state index in [4.69, 9.17) is 14.2 Å². The summed E-state index contributed by atoms with van der Waals surface area (Å²) >= 11 is 0. The molecule has 1 atom stereocenters. The maximum atomic E-state index is 13.7. The average Bonchev–Trinajstić information content (AvgIpc) is 3.20. The number of quaternary nitrogens is 1. The van der Waals surface area contributed by atoms with Gasteiger partial charge < -0.3 is 29.1 Å². The van der Waals surface area contributed by atoms with E-state index in [1.807, 2.05) is 45.3 Å². The number of amides is 1. The summed E-state index contributed by atoms with van der Waals surface area (Å²) in [5.41, 5.74) is 3.03. The maximum absolute atomic E-state index is 13.7. The normalized spacial score (nSPS) is 16.6. The van der Waals surface area contributed by atoms with Crippen LogP contribution in [0.2, 0.25) is 0 Å². The first kappa shape index (κ1) is 27.7. The fraction of sp³-hybridized carbons (Fsp3) is 0.290. The number of hydrogen-bond acceptors (Lipinski definition) is 6. The van der Waals surface area contributed by atoms with Gasteiger partial charge in [0.15, 0.2) is 11.5 Å². The van der Waals surface area contributed by atoms with E-state index in [1.165, 1.54) is 19.1 Å². The SMILES string of the molecule is COc1ccc(C2C(=C([O-])c3ccc(OCc4ccccc4C)cc3)C(=O)C(=O)N2CC[NH+](C)C)cc1OC. The Balaban J connectivity index is 1.69. The number of aryl methyl sites for hydroxylation is 1. The monoisotopic (exact) mass is 530 g/mol. The molecule has 8 nitrogen and oxygen atoms in total. The number of carbonyl (C=O) groups is 2. The van der Waals surface area contributed by atoms with Crippen LogP contribution < -0.4 is 24.2 Å². The van der Waals surface area contributed by atoms with E-state index in [0.29, 0.717) is 48.1 Å². The lowest BCUT2D eigenvalue weighted by molar-refractivity contribution is -0.857. The summed E-state index contributed by atoms with van der Waals surface area (Å²) in [5, 5.41) is 13.7. The van der Waals surface area contributed by atoms with E-state index in [9.17, 15) is 14.7 Å². The molecule has 0 saturated carbocycles. The van der Waals surface area contributed by atoms with Crippen molar-refractivity contribution >= 4 is 17.4 Å². The van der Waals surface area contributed by atoms with Crippen molar-refractivity contribution in [2.45, 2.75) is 19.6 Å². The first-order valence-electron chi connectivity index (χ1n) is 12.8. The molecule has 0 aromatic heterocycles. The molecule has 3 aromatic carbocycles. The number of Topliss-reactive ketones (excluding diaryl/α,β-unsaturated/α-hetero) is 1. The zero-order valence-electron chi connectivity index (χ0n) is 22.9. The molecule has 0 radical (unpaired) electrons. The first-order chi connectivity index (χ1) is 18.7. The summed E-state index contributed by atoms with van der Waals surface area (Å²) in [7, 11) is 6.97. The number of benzene rings is 3. The summed E-state index contributed by atoms with van der Waals surface area (Å²) in [4.78, 5) is 29.0. The molecule has 1 saturated heterocycles. The average molecular weight is 531 g/mol. The summed E-state index contributed by atoms with van der Waals surface area (Å²) in [5.74, 6) is -0.401. The minimum Gasteiger partial charge on any atom is -0.872 e. The van der Waals surface area contributed by atoms with Gasteiger partial charge >= 0.3 is 0 Å². The maximum Gasteiger partial charge on any atom is 0.295 e. The predicted molar refractivity (Wildman–Crippen MR) is 146 cm³/mol. The largest absolute Gasteiger partial charge is 0.872 e. The Morgan fingerprint density at radius 3 is 2.28 bits per heavy atom. The molecule has 3 aromatic rings. The molecular weight excluding hydrogens is 496 g/mol. The number of likely N-dealkylation sites (N-methyl/N-ethyl adjacent to an activating group) is 1. The number of hydrogen-bond donors (Lipinski definition) is 1. The van der Waals surface area contributed by atoms with Crippen molar-refractivity contribution in [3.8, 4) is 17.2 Å². The van der Waals surface area contributed by atoms with Crippen LogP contribution in [0.4, 0.5) is 0 Å². The number of nitrogens with zero attached hydrogens (tertiary/aromatic N) is 1. The van der Waals surface area contributed by atoms with E-state index >= 15 is 0 Å². The molecule has 1 heterocycles. The van der Waals surface area contributed by atoms with Crippen molar-refractivity contribution in [3.05, 3.63) is 94.6 Å². The van der Waals surface area contributed by atoms with Gasteiger partial charge in [-0.15, -0.1) is 0 Å². The fourth-order valence-corrected chi connectivity index (χ4v) is 4.61. The Labute approximate surface area is 229 Å². The van der Waals surface area contributed by atoms with Gasteiger partial charge in [0.05, 0.1) is 47.4 Å². The quantitative estimate of drug-likeness (QED) is 0.245. The van der Waals surface area contributed by atoms with Crippen molar-refractivity contribution in [2.75, 3.05) is 41.4 Å². The van der Waals surface area contributed by atoms with Crippen LogP contribution in [0.1, 0.15) is 28.3 Å². The van der Waals surface area contributed by atoms with Gasteiger partial charge in [-0.25, -0.2) is 0 Å². The zero-order valence-corrected chi connectivity index (χ0v) is 22.9. The van der Waals surface area contributed by atoms with Gasteiger partial charge in [0.25, 0.3) is 5.91 Å². The Kier molecular flexibility index (Phi) is 8.56. The number of likely N-dealkylation sites (tertiary alicyclic amines) is 1.